The highest BCUT2D eigenvalue weighted by atomic mass is 16.5. The summed E-state index contributed by atoms with van der Waals surface area (Å²) in [5.41, 5.74) is 2.16. The molecule has 1 amide bonds. The summed E-state index contributed by atoms with van der Waals surface area (Å²) in [4.78, 5) is 14.3. The molecule has 2 heterocycles. The first kappa shape index (κ1) is 21.8. The maximum Gasteiger partial charge on any atom is 0.242 e. The normalized spacial score (nSPS) is 15.9. The van der Waals surface area contributed by atoms with Crippen LogP contribution in [0, 0.1) is 0 Å². The lowest BCUT2D eigenvalue weighted by atomic mass is 10.1. The molecule has 0 spiro atoms. The number of nitrogens with zero attached hydrogens (tertiary/aromatic N) is 3. The molecule has 1 unspecified atom stereocenters. The van der Waals surface area contributed by atoms with Gasteiger partial charge in [0.25, 0.3) is 0 Å². The number of carbonyl (C=O) groups excluding carboxylic acids is 1. The van der Waals surface area contributed by atoms with Gasteiger partial charge in [0.05, 0.1) is 26.7 Å². The fourth-order valence-electron chi connectivity index (χ4n) is 3.77. The smallest absolute Gasteiger partial charge is 0.242 e. The first-order chi connectivity index (χ1) is 15.7. The van der Waals surface area contributed by atoms with Crippen molar-refractivity contribution in [3.63, 3.8) is 0 Å². The van der Waals surface area contributed by atoms with E-state index >= 15 is 0 Å². The number of hydrogen-bond acceptors (Lipinski definition) is 7. The first-order valence-electron chi connectivity index (χ1n) is 10.6. The molecule has 1 atom stereocenters. The van der Waals surface area contributed by atoms with E-state index in [0.717, 1.165) is 17.5 Å². The van der Waals surface area contributed by atoms with E-state index in [0.29, 0.717) is 49.4 Å². The topological polar surface area (TPSA) is 86.9 Å². The third-order valence-electron chi connectivity index (χ3n) is 5.50. The molecule has 1 aliphatic rings. The van der Waals surface area contributed by atoms with Crippen molar-refractivity contribution in [2.75, 3.05) is 27.3 Å². The van der Waals surface area contributed by atoms with Gasteiger partial charge in [-0.2, -0.15) is 0 Å². The molecule has 1 fully saturated rings. The Morgan fingerprint density at radius 3 is 2.59 bits per heavy atom. The fraction of sp³-hybridized carbons (Fsp3) is 0.375. The molecule has 1 aliphatic heterocycles. The summed E-state index contributed by atoms with van der Waals surface area (Å²) >= 11 is 0. The van der Waals surface area contributed by atoms with Crippen LogP contribution in [-0.2, 0) is 29.2 Å². The van der Waals surface area contributed by atoms with Crippen LogP contribution in [-0.4, -0.2) is 48.3 Å². The number of aromatic nitrogens is 2. The number of rotatable bonds is 10. The molecule has 1 aromatic heterocycles. The highest BCUT2D eigenvalue weighted by Crippen LogP contribution is 2.30. The van der Waals surface area contributed by atoms with Crippen molar-refractivity contribution < 1.29 is 23.4 Å². The molecule has 2 aromatic carbocycles. The van der Waals surface area contributed by atoms with Crippen molar-refractivity contribution in [3.8, 4) is 11.5 Å². The van der Waals surface area contributed by atoms with Gasteiger partial charge in [0.1, 0.15) is 6.61 Å². The van der Waals surface area contributed by atoms with E-state index < -0.39 is 0 Å². The van der Waals surface area contributed by atoms with Crippen LogP contribution in [0.25, 0.3) is 0 Å². The summed E-state index contributed by atoms with van der Waals surface area (Å²) < 4.78 is 22.1. The number of benzene rings is 2. The Balaban J connectivity index is 1.28. The zero-order valence-corrected chi connectivity index (χ0v) is 18.3. The van der Waals surface area contributed by atoms with Gasteiger partial charge in [-0.05, 0) is 29.7 Å². The summed E-state index contributed by atoms with van der Waals surface area (Å²) in [5.74, 6) is 2.29. The monoisotopic (exact) mass is 437 g/mol. The molecule has 168 valence electrons. The zero-order valence-electron chi connectivity index (χ0n) is 18.3. The summed E-state index contributed by atoms with van der Waals surface area (Å²) in [6.45, 7) is 1.90. The van der Waals surface area contributed by atoms with Gasteiger partial charge in [-0.25, -0.2) is 0 Å². The number of amides is 1. The number of methoxy groups -OCH3 is 2. The lowest BCUT2D eigenvalue weighted by molar-refractivity contribution is -0.127. The van der Waals surface area contributed by atoms with E-state index in [9.17, 15) is 4.79 Å². The summed E-state index contributed by atoms with van der Waals surface area (Å²) in [5, 5.41) is 8.22. The number of likely N-dealkylation sites (tertiary alicyclic amines) is 1. The number of ether oxygens (including phenoxy) is 3. The standard InChI is InChI=1S/C24H27N3O5/c1-29-20-9-8-17(12-21(20)30-2)10-11-27-14-19(13-23(27)28)24-26-25-22(32-24)16-31-15-18-6-4-3-5-7-18/h3-9,12,19H,10-11,13-16H2,1-2H3. The predicted molar refractivity (Wildman–Crippen MR) is 116 cm³/mol. The Morgan fingerprint density at radius 2 is 1.81 bits per heavy atom. The van der Waals surface area contributed by atoms with E-state index in [1.165, 1.54) is 0 Å². The zero-order chi connectivity index (χ0) is 22.3. The van der Waals surface area contributed by atoms with E-state index in [1.807, 2.05) is 53.4 Å². The van der Waals surface area contributed by atoms with Crippen molar-refractivity contribution in [3.05, 3.63) is 71.4 Å². The second-order valence-electron chi connectivity index (χ2n) is 7.69. The van der Waals surface area contributed by atoms with Crippen LogP contribution in [0.15, 0.2) is 52.9 Å². The Bertz CT molecular complexity index is 1040. The Morgan fingerprint density at radius 1 is 1.00 bits per heavy atom. The van der Waals surface area contributed by atoms with Crippen LogP contribution in [0.3, 0.4) is 0 Å². The third-order valence-corrected chi connectivity index (χ3v) is 5.50. The summed E-state index contributed by atoms with van der Waals surface area (Å²) in [6.07, 6.45) is 1.10. The molecule has 8 heteroatoms. The molecule has 32 heavy (non-hydrogen) atoms. The van der Waals surface area contributed by atoms with Gasteiger partial charge in [0.2, 0.25) is 17.7 Å². The van der Waals surface area contributed by atoms with Gasteiger partial charge < -0.3 is 23.5 Å². The van der Waals surface area contributed by atoms with E-state index in [2.05, 4.69) is 10.2 Å². The van der Waals surface area contributed by atoms with Crippen molar-refractivity contribution in [1.29, 1.82) is 0 Å². The summed E-state index contributed by atoms with van der Waals surface area (Å²) in [7, 11) is 3.22. The second-order valence-corrected chi connectivity index (χ2v) is 7.69. The third kappa shape index (κ3) is 5.26. The molecule has 0 radical (unpaired) electrons. The fourth-order valence-corrected chi connectivity index (χ4v) is 3.77. The van der Waals surface area contributed by atoms with Crippen LogP contribution in [0.2, 0.25) is 0 Å². The van der Waals surface area contributed by atoms with E-state index in [1.54, 1.807) is 14.2 Å². The lowest BCUT2D eigenvalue weighted by Crippen LogP contribution is -2.27. The molecule has 0 aliphatic carbocycles. The average Bonchev–Trinajstić information content (AvgIpc) is 3.44. The quantitative estimate of drug-likeness (QED) is 0.481. The molecule has 3 aromatic rings. The largest absolute Gasteiger partial charge is 0.493 e. The Hall–Kier alpha value is -3.39. The van der Waals surface area contributed by atoms with Crippen molar-refractivity contribution in [2.24, 2.45) is 0 Å². The van der Waals surface area contributed by atoms with Crippen LogP contribution in [0.5, 0.6) is 11.5 Å². The Labute approximate surface area is 187 Å². The first-order valence-corrected chi connectivity index (χ1v) is 10.6. The van der Waals surface area contributed by atoms with Gasteiger partial charge >= 0.3 is 0 Å². The van der Waals surface area contributed by atoms with Crippen molar-refractivity contribution in [1.82, 2.24) is 15.1 Å². The van der Waals surface area contributed by atoms with E-state index in [4.69, 9.17) is 18.6 Å². The average molecular weight is 437 g/mol. The molecule has 0 bridgehead atoms. The lowest BCUT2D eigenvalue weighted by Gasteiger charge is -2.16. The van der Waals surface area contributed by atoms with Crippen LogP contribution >= 0.6 is 0 Å². The molecule has 4 rings (SSSR count). The van der Waals surface area contributed by atoms with Crippen molar-refractivity contribution in [2.45, 2.75) is 32.0 Å². The van der Waals surface area contributed by atoms with Crippen LogP contribution < -0.4 is 9.47 Å². The predicted octanol–water partition coefficient (Wildman–Crippen LogP) is 3.36. The summed E-state index contributed by atoms with van der Waals surface area (Å²) in [6, 6.07) is 15.7. The SMILES string of the molecule is COc1ccc(CCN2CC(c3nnc(COCc4ccccc4)o3)CC2=O)cc1OC. The van der Waals surface area contributed by atoms with Crippen molar-refractivity contribution >= 4 is 5.91 Å². The number of carbonyl (C=O) groups is 1. The minimum absolute atomic E-state index is 0.0931. The minimum Gasteiger partial charge on any atom is -0.493 e. The Kier molecular flexibility index (Phi) is 7.01. The van der Waals surface area contributed by atoms with Gasteiger partial charge in [-0.15, -0.1) is 10.2 Å². The van der Waals surface area contributed by atoms with Gasteiger partial charge in [-0.3, -0.25) is 4.79 Å². The highest BCUT2D eigenvalue weighted by Gasteiger charge is 2.33. The maximum atomic E-state index is 12.5. The van der Waals surface area contributed by atoms with Crippen LogP contribution in [0.1, 0.15) is 35.2 Å². The van der Waals surface area contributed by atoms with Gasteiger partial charge in [0.15, 0.2) is 11.5 Å². The minimum atomic E-state index is -0.0942. The van der Waals surface area contributed by atoms with E-state index in [-0.39, 0.29) is 18.4 Å². The molecule has 0 N–H and O–H groups in total. The molecular weight excluding hydrogens is 410 g/mol. The number of hydrogen-bond donors (Lipinski definition) is 0. The molecule has 8 nitrogen and oxygen atoms in total. The molecular formula is C24H27N3O5. The highest BCUT2D eigenvalue weighted by molar-refractivity contribution is 5.79. The maximum absolute atomic E-state index is 12.5. The van der Waals surface area contributed by atoms with Gasteiger partial charge in [-0.1, -0.05) is 36.4 Å². The van der Waals surface area contributed by atoms with Crippen LogP contribution in [0.4, 0.5) is 0 Å². The molecule has 0 saturated carbocycles. The van der Waals surface area contributed by atoms with Gasteiger partial charge in [0, 0.05) is 19.5 Å². The molecule has 1 saturated heterocycles. The second kappa shape index (κ2) is 10.3.